The van der Waals surface area contributed by atoms with E-state index in [9.17, 15) is 4.79 Å². The number of oxazole rings is 1. The second-order valence-electron chi connectivity index (χ2n) is 6.36. The molecule has 5 nitrogen and oxygen atoms in total. The molecule has 1 aliphatic rings. The summed E-state index contributed by atoms with van der Waals surface area (Å²) >= 11 is 6.41. The maximum absolute atomic E-state index is 12.3. The maximum atomic E-state index is 12.3. The van der Waals surface area contributed by atoms with Crippen molar-refractivity contribution >= 4 is 28.3 Å². The van der Waals surface area contributed by atoms with Crippen LogP contribution in [-0.2, 0) is 6.54 Å². The van der Waals surface area contributed by atoms with E-state index < -0.39 is 0 Å². The highest BCUT2D eigenvalue weighted by atomic mass is 35.5. The van der Waals surface area contributed by atoms with Gasteiger partial charge in [-0.3, -0.25) is 9.69 Å². The number of halogens is 1. The molecule has 1 aliphatic heterocycles. The van der Waals surface area contributed by atoms with E-state index in [0.29, 0.717) is 11.6 Å². The summed E-state index contributed by atoms with van der Waals surface area (Å²) in [7, 11) is 0. The molecule has 0 saturated carbocycles. The number of pyridine rings is 1. The van der Waals surface area contributed by atoms with Gasteiger partial charge in [-0.25, -0.2) is 9.97 Å². The van der Waals surface area contributed by atoms with Gasteiger partial charge in [0.1, 0.15) is 6.26 Å². The Bertz CT molecular complexity index is 887. The molecule has 0 unspecified atom stereocenters. The molecule has 0 N–H and O–H groups in total. The number of ketones is 1. The lowest BCUT2D eigenvalue weighted by molar-refractivity contribution is 0.0798. The van der Waals surface area contributed by atoms with Crippen molar-refractivity contribution in [3.8, 4) is 0 Å². The van der Waals surface area contributed by atoms with E-state index in [1.165, 1.54) is 12.5 Å². The third-order valence-corrected chi connectivity index (χ3v) is 5.05. The monoisotopic (exact) mass is 355 g/mol. The fraction of sp³-hybridized carbons (Fsp3) is 0.316. The number of aromatic nitrogens is 2. The van der Waals surface area contributed by atoms with Crippen molar-refractivity contribution in [3.63, 3.8) is 0 Å². The van der Waals surface area contributed by atoms with Crippen LogP contribution in [0.15, 0.2) is 47.2 Å². The molecule has 128 valence electrons. The first-order valence-corrected chi connectivity index (χ1v) is 8.79. The lowest BCUT2D eigenvalue weighted by Gasteiger charge is -2.30. The van der Waals surface area contributed by atoms with Gasteiger partial charge in [0.05, 0.1) is 22.4 Å². The largest absolute Gasteiger partial charge is 0.442 e. The molecule has 1 aromatic carbocycles. The van der Waals surface area contributed by atoms with Gasteiger partial charge in [-0.2, -0.15) is 0 Å². The van der Waals surface area contributed by atoms with Crippen LogP contribution >= 0.6 is 11.6 Å². The highest BCUT2D eigenvalue weighted by Gasteiger charge is 2.28. The summed E-state index contributed by atoms with van der Waals surface area (Å²) in [6, 6.07) is 9.94. The number of nitrogens with zero attached hydrogens (tertiary/aromatic N) is 3. The van der Waals surface area contributed by atoms with E-state index in [0.717, 1.165) is 42.5 Å². The molecule has 3 heterocycles. The number of fused-ring (bicyclic) bond motifs is 1. The van der Waals surface area contributed by atoms with Crippen molar-refractivity contribution < 1.29 is 9.21 Å². The van der Waals surface area contributed by atoms with Gasteiger partial charge >= 0.3 is 0 Å². The Morgan fingerprint density at radius 2 is 2.08 bits per heavy atom. The molecule has 1 saturated heterocycles. The summed E-state index contributed by atoms with van der Waals surface area (Å²) in [6.07, 6.45) is 4.55. The molecular weight excluding hydrogens is 338 g/mol. The molecule has 4 rings (SSSR count). The molecule has 0 spiro atoms. The van der Waals surface area contributed by atoms with Gasteiger partial charge in [0.2, 0.25) is 5.78 Å². The minimum absolute atomic E-state index is 0.00603. The summed E-state index contributed by atoms with van der Waals surface area (Å²) in [5.74, 6) is 0.208. The first-order valence-electron chi connectivity index (χ1n) is 8.41. The standard InChI is InChI=1S/C19H18ClN3O2/c20-15-11-14-3-1-2-4-16(14)22-17(15)12-23-8-5-13(6-9-23)18(24)19-21-7-10-25-19/h1-4,7,10-11,13H,5-6,8-9,12H2. The Labute approximate surface area is 150 Å². The number of hydrogen-bond acceptors (Lipinski definition) is 5. The molecule has 1 fully saturated rings. The summed E-state index contributed by atoms with van der Waals surface area (Å²) in [5.41, 5.74) is 1.84. The summed E-state index contributed by atoms with van der Waals surface area (Å²) in [4.78, 5) is 23.3. The van der Waals surface area contributed by atoms with Crippen molar-refractivity contribution in [2.45, 2.75) is 19.4 Å². The van der Waals surface area contributed by atoms with Crippen LogP contribution in [0.5, 0.6) is 0 Å². The zero-order chi connectivity index (χ0) is 17.2. The molecule has 2 aromatic heterocycles. The molecule has 25 heavy (non-hydrogen) atoms. The number of carbonyl (C=O) groups excluding carboxylic acids is 1. The van der Waals surface area contributed by atoms with Crippen molar-refractivity contribution in [1.29, 1.82) is 0 Å². The number of hydrogen-bond donors (Lipinski definition) is 0. The molecule has 3 aromatic rings. The average molecular weight is 356 g/mol. The van der Waals surface area contributed by atoms with Crippen molar-refractivity contribution in [3.05, 3.63) is 59.4 Å². The second kappa shape index (κ2) is 6.94. The number of likely N-dealkylation sites (tertiary alicyclic amines) is 1. The molecular formula is C19H18ClN3O2. The maximum Gasteiger partial charge on any atom is 0.263 e. The summed E-state index contributed by atoms with van der Waals surface area (Å²) in [5, 5.41) is 1.74. The Morgan fingerprint density at radius 3 is 2.84 bits per heavy atom. The quantitative estimate of drug-likeness (QED) is 0.663. The number of benzene rings is 1. The first-order chi connectivity index (χ1) is 12.2. The van der Waals surface area contributed by atoms with Crippen LogP contribution in [-0.4, -0.2) is 33.7 Å². The van der Waals surface area contributed by atoms with Crippen LogP contribution in [0.25, 0.3) is 10.9 Å². The van der Waals surface area contributed by atoms with E-state index >= 15 is 0 Å². The predicted molar refractivity (Wildman–Crippen MR) is 95.6 cm³/mol. The third kappa shape index (κ3) is 3.43. The minimum Gasteiger partial charge on any atom is -0.442 e. The van der Waals surface area contributed by atoms with Gasteiger partial charge < -0.3 is 4.42 Å². The number of carbonyl (C=O) groups is 1. The molecule has 0 amide bonds. The minimum atomic E-state index is -0.0186. The SMILES string of the molecule is O=C(c1ncco1)C1CCN(Cc2nc3ccccc3cc2Cl)CC1. The average Bonchev–Trinajstić information content (AvgIpc) is 3.17. The van der Waals surface area contributed by atoms with E-state index in [1.807, 2.05) is 30.3 Å². The fourth-order valence-electron chi connectivity index (χ4n) is 3.33. The van der Waals surface area contributed by atoms with Crippen LogP contribution in [0, 0.1) is 5.92 Å². The summed E-state index contributed by atoms with van der Waals surface area (Å²) in [6.45, 7) is 2.37. The van der Waals surface area contributed by atoms with Gasteiger partial charge in [-0.1, -0.05) is 29.8 Å². The Balaban J connectivity index is 1.42. The normalized spacial score (nSPS) is 16.4. The van der Waals surface area contributed by atoms with Gasteiger partial charge in [0.25, 0.3) is 5.89 Å². The smallest absolute Gasteiger partial charge is 0.263 e. The highest BCUT2D eigenvalue weighted by Crippen LogP contribution is 2.25. The van der Waals surface area contributed by atoms with E-state index in [-0.39, 0.29) is 17.6 Å². The number of para-hydroxylation sites is 1. The molecule has 0 atom stereocenters. The van der Waals surface area contributed by atoms with Gasteiger partial charge in [-0.15, -0.1) is 0 Å². The Morgan fingerprint density at radius 1 is 1.28 bits per heavy atom. The summed E-state index contributed by atoms with van der Waals surface area (Å²) < 4.78 is 5.13. The molecule has 0 radical (unpaired) electrons. The Hall–Kier alpha value is -2.24. The van der Waals surface area contributed by atoms with Crippen LogP contribution in [0.2, 0.25) is 5.02 Å². The van der Waals surface area contributed by atoms with Crippen LogP contribution in [0.4, 0.5) is 0 Å². The molecule has 0 bridgehead atoms. The van der Waals surface area contributed by atoms with Gasteiger partial charge in [0, 0.05) is 17.8 Å². The highest BCUT2D eigenvalue weighted by molar-refractivity contribution is 6.31. The van der Waals surface area contributed by atoms with E-state index in [4.69, 9.17) is 21.0 Å². The van der Waals surface area contributed by atoms with Crippen molar-refractivity contribution in [2.75, 3.05) is 13.1 Å². The van der Waals surface area contributed by atoms with Crippen molar-refractivity contribution in [2.24, 2.45) is 5.92 Å². The van der Waals surface area contributed by atoms with E-state index in [2.05, 4.69) is 9.88 Å². The number of rotatable bonds is 4. The predicted octanol–water partition coefficient (Wildman–Crippen LogP) is 3.97. The van der Waals surface area contributed by atoms with Crippen molar-refractivity contribution in [1.82, 2.24) is 14.9 Å². The van der Waals surface area contributed by atoms with Gasteiger partial charge in [0.15, 0.2) is 0 Å². The van der Waals surface area contributed by atoms with Crippen LogP contribution in [0.1, 0.15) is 29.2 Å². The lowest BCUT2D eigenvalue weighted by Crippen LogP contribution is -2.36. The van der Waals surface area contributed by atoms with E-state index in [1.54, 1.807) is 0 Å². The molecule has 6 heteroatoms. The van der Waals surface area contributed by atoms with Gasteiger partial charge in [-0.05, 0) is 38.1 Å². The lowest BCUT2D eigenvalue weighted by atomic mass is 9.92. The number of piperidine rings is 1. The second-order valence-corrected chi connectivity index (χ2v) is 6.77. The number of Topliss-reactive ketones (excluding diaryl/α,β-unsaturated/α-hetero) is 1. The fourth-order valence-corrected chi connectivity index (χ4v) is 3.55. The Kier molecular flexibility index (Phi) is 4.51. The third-order valence-electron chi connectivity index (χ3n) is 4.72. The zero-order valence-electron chi connectivity index (χ0n) is 13.7. The zero-order valence-corrected chi connectivity index (χ0v) is 14.4. The van der Waals surface area contributed by atoms with Crippen LogP contribution in [0.3, 0.4) is 0 Å². The topological polar surface area (TPSA) is 59.2 Å². The molecule has 0 aliphatic carbocycles. The van der Waals surface area contributed by atoms with Crippen LogP contribution < -0.4 is 0 Å². The first kappa shape index (κ1) is 16.2.